The first kappa shape index (κ1) is 14.0. The highest BCUT2D eigenvalue weighted by Gasteiger charge is 2.34. The summed E-state index contributed by atoms with van der Waals surface area (Å²) >= 11 is 0. The summed E-state index contributed by atoms with van der Waals surface area (Å²) in [5.41, 5.74) is -0.262. The Morgan fingerprint density at radius 3 is 2.06 bits per heavy atom. The molecule has 1 aliphatic rings. The number of ketones is 1. The second kappa shape index (κ2) is 5.07. The first-order valence-corrected chi connectivity index (χ1v) is 6.32. The molecule has 1 fully saturated rings. The van der Waals surface area contributed by atoms with Crippen LogP contribution in [0.4, 0.5) is 4.79 Å². The molecule has 0 saturated heterocycles. The Bertz CT molecular complexity index is 301. The van der Waals surface area contributed by atoms with Crippen LogP contribution in [0.3, 0.4) is 0 Å². The van der Waals surface area contributed by atoms with E-state index >= 15 is 0 Å². The molecule has 1 rings (SSSR count). The lowest BCUT2D eigenvalue weighted by molar-refractivity contribution is -0.126. The summed E-state index contributed by atoms with van der Waals surface area (Å²) in [7, 11) is 0. The van der Waals surface area contributed by atoms with Crippen LogP contribution < -0.4 is 10.6 Å². The predicted molar refractivity (Wildman–Crippen MR) is 67.8 cm³/mol. The van der Waals surface area contributed by atoms with Crippen LogP contribution in [0.2, 0.25) is 0 Å². The molecule has 4 nitrogen and oxygen atoms in total. The topological polar surface area (TPSA) is 58.2 Å². The van der Waals surface area contributed by atoms with Crippen molar-refractivity contribution in [2.45, 2.75) is 59.5 Å². The summed E-state index contributed by atoms with van der Waals surface area (Å²) in [5.74, 6) is 0.0175. The van der Waals surface area contributed by atoms with E-state index in [1.165, 1.54) is 0 Å². The van der Waals surface area contributed by atoms with E-state index in [9.17, 15) is 9.59 Å². The molecule has 0 aromatic heterocycles. The quantitative estimate of drug-likeness (QED) is 0.790. The molecular formula is C13H24N2O2. The number of urea groups is 1. The number of nitrogens with one attached hydrogen (secondary N) is 2. The van der Waals surface area contributed by atoms with E-state index < -0.39 is 6.04 Å². The van der Waals surface area contributed by atoms with Gasteiger partial charge in [-0.15, -0.1) is 0 Å². The zero-order valence-electron chi connectivity index (χ0n) is 11.5. The summed E-state index contributed by atoms with van der Waals surface area (Å²) in [5, 5.41) is 5.66. The summed E-state index contributed by atoms with van der Waals surface area (Å²) in [4.78, 5) is 23.8. The van der Waals surface area contributed by atoms with Crippen molar-refractivity contribution in [2.75, 3.05) is 0 Å². The van der Waals surface area contributed by atoms with Gasteiger partial charge in [-0.05, 0) is 18.3 Å². The molecular weight excluding hydrogens is 216 g/mol. The molecule has 0 bridgehead atoms. The van der Waals surface area contributed by atoms with Crippen LogP contribution in [-0.4, -0.2) is 23.9 Å². The van der Waals surface area contributed by atoms with Gasteiger partial charge in [-0.25, -0.2) is 4.79 Å². The third-order valence-corrected chi connectivity index (χ3v) is 2.91. The molecule has 0 aromatic carbocycles. The maximum absolute atomic E-state index is 12.1. The molecule has 0 radical (unpaired) electrons. The SMILES string of the molecule is CC(C)C(=O)C(NC(=O)NC1CC1)C(C)(C)C. The lowest BCUT2D eigenvalue weighted by Gasteiger charge is -2.31. The molecule has 0 heterocycles. The van der Waals surface area contributed by atoms with Crippen LogP contribution in [0.15, 0.2) is 0 Å². The van der Waals surface area contributed by atoms with Crippen molar-refractivity contribution < 1.29 is 9.59 Å². The molecule has 17 heavy (non-hydrogen) atoms. The molecule has 0 aromatic rings. The molecule has 98 valence electrons. The summed E-state index contributed by atoms with van der Waals surface area (Å²) in [6.45, 7) is 9.63. The van der Waals surface area contributed by atoms with Crippen LogP contribution in [0.5, 0.6) is 0 Å². The molecule has 1 aliphatic carbocycles. The number of hydrogen-bond donors (Lipinski definition) is 2. The fourth-order valence-corrected chi connectivity index (χ4v) is 1.63. The lowest BCUT2D eigenvalue weighted by Crippen LogP contribution is -2.53. The van der Waals surface area contributed by atoms with Crippen molar-refractivity contribution in [3.05, 3.63) is 0 Å². The van der Waals surface area contributed by atoms with Crippen molar-refractivity contribution in [2.24, 2.45) is 11.3 Å². The monoisotopic (exact) mass is 240 g/mol. The number of carbonyl (C=O) groups excluding carboxylic acids is 2. The van der Waals surface area contributed by atoms with Crippen LogP contribution in [0.1, 0.15) is 47.5 Å². The van der Waals surface area contributed by atoms with Gasteiger partial charge in [0.15, 0.2) is 5.78 Å². The average Bonchev–Trinajstić information content (AvgIpc) is 2.95. The summed E-state index contributed by atoms with van der Waals surface area (Å²) in [6, 6.07) is -0.340. The Hall–Kier alpha value is -1.06. The Morgan fingerprint density at radius 2 is 1.71 bits per heavy atom. The van der Waals surface area contributed by atoms with Gasteiger partial charge in [-0.1, -0.05) is 34.6 Å². The van der Waals surface area contributed by atoms with E-state index in [2.05, 4.69) is 10.6 Å². The van der Waals surface area contributed by atoms with E-state index in [-0.39, 0.29) is 23.1 Å². The fraction of sp³-hybridized carbons (Fsp3) is 0.846. The van der Waals surface area contributed by atoms with Gasteiger partial charge in [-0.3, -0.25) is 4.79 Å². The smallest absolute Gasteiger partial charge is 0.315 e. The molecule has 0 spiro atoms. The van der Waals surface area contributed by atoms with E-state index in [0.29, 0.717) is 6.04 Å². The van der Waals surface area contributed by atoms with E-state index in [0.717, 1.165) is 12.8 Å². The minimum absolute atomic E-state index is 0.0690. The van der Waals surface area contributed by atoms with E-state index in [1.807, 2.05) is 34.6 Å². The van der Waals surface area contributed by atoms with Gasteiger partial charge in [0, 0.05) is 12.0 Å². The maximum Gasteiger partial charge on any atom is 0.315 e. The highest BCUT2D eigenvalue weighted by Crippen LogP contribution is 2.23. The first-order chi connectivity index (χ1) is 7.71. The van der Waals surface area contributed by atoms with Gasteiger partial charge < -0.3 is 10.6 Å². The number of carbonyl (C=O) groups is 2. The van der Waals surface area contributed by atoms with Gasteiger partial charge in [0.1, 0.15) is 0 Å². The number of hydrogen-bond acceptors (Lipinski definition) is 2. The minimum Gasteiger partial charge on any atom is -0.335 e. The Kier molecular flexibility index (Phi) is 4.17. The molecule has 0 aliphatic heterocycles. The third kappa shape index (κ3) is 4.36. The van der Waals surface area contributed by atoms with Gasteiger partial charge in [-0.2, -0.15) is 0 Å². The van der Waals surface area contributed by atoms with Crippen molar-refractivity contribution in [1.82, 2.24) is 10.6 Å². The second-order valence-corrected chi connectivity index (χ2v) is 6.25. The standard InChI is InChI=1S/C13H24N2O2/c1-8(2)10(16)11(13(3,4)5)15-12(17)14-9-6-7-9/h8-9,11H,6-7H2,1-5H3,(H2,14,15,17). The normalized spacial score (nSPS) is 17.8. The highest BCUT2D eigenvalue weighted by atomic mass is 16.2. The van der Waals surface area contributed by atoms with Gasteiger partial charge in [0.05, 0.1) is 6.04 Å². The average molecular weight is 240 g/mol. The fourth-order valence-electron chi connectivity index (χ4n) is 1.63. The van der Waals surface area contributed by atoms with E-state index in [1.54, 1.807) is 0 Å². The summed E-state index contributed by atoms with van der Waals surface area (Å²) in [6.07, 6.45) is 2.09. The van der Waals surface area contributed by atoms with Crippen LogP contribution in [-0.2, 0) is 4.79 Å². The number of rotatable bonds is 4. The highest BCUT2D eigenvalue weighted by molar-refractivity contribution is 5.90. The Balaban J connectivity index is 2.62. The summed E-state index contributed by atoms with van der Waals surface area (Å²) < 4.78 is 0. The van der Waals surface area contributed by atoms with Gasteiger partial charge in [0.2, 0.25) is 0 Å². The molecule has 1 atom stereocenters. The Morgan fingerprint density at radius 1 is 1.18 bits per heavy atom. The zero-order chi connectivity index (χ0) is 13.2. The van der Waals surface area contributed by atoms with Crippen LogP contribution in [0.25, 0.3) is 0 Å². The van der Waals surface area contributed by atoms with Crippen LogP contribution in [0, 0.1) is 11.3 Å². The molecule has 1 unspecified atom stereocenters. The van der Waals surface area contributed by atoms with Gasteiger partial charge >= 0.3 is 6.03 Å². The number of amides is 2. The first-order valence-electron chi connectivity index (χ1n) is 6.32. The largest absolute Gasteiger partial charge is 0.335 e. The molecule has 4 heteroatoms. The number of Topliss-reactive ketones (excluding diaryl/α,β-unsaturated/α-hetero) is 1. The van der Waals surface area contributed by atoms with Crippen molar-refractivity contribution in [3.8, 4) is 0 Å². The van der Waals surface area contributed by atoms with Gasteiger partial charge in [0.25, 0.3) is 0 Å². The predicted octanol–water partition coefficient (Wildman–Crippen LogP) is 2.09. The van der Waals surface area contributed by atoms with E-state index in [4.69, 9.17) is 0 Å². The Labute approximate surface area is 104 Å². The zero-order valence-corrected chi connectivity index (χ0v) is 11.5. The van der Waals surface area contributed by atoms with Crippen molar-refractivity contribution in [3.63, 3.8) is 0 Å². The molecule has 1 saturated carbocycles. The maximum atomic E-state index is 12.1. The molecule has 2 N–H and O–H groups in total. The second-order valence-electron chi connectivity index (χ2n) is 6.25. The lowest BCUT2D eigenvalue weighted by atomic mass is 9.81. The molecule has 2 amide bonds. The van der Waals surface area contributed by atoms with Crippen molar-refractivity contribution >= 4 is 11.8 Å². The minimum atomic E-state index is -0.429. The van der Waals surface area contributed by atoms with Crippen molar-refractivity contribution in [1.29, 1.82) is 0 Å². The third-order valence-electron chi connectivity index (χ3n) is 2.91. The van der Waals surface area contributed by atoms with Crippen LogP contribution >= 0.6 is 0 Å².